The van der Waals surface area contributed by atoms with Crippen molar-refractivity contribution in [3.8, 4) is 5.75 Å². The van der Waals surface area contributed by atoms with Gasteiger partial charge in [0.25, 0.3) is 10.0 Å². The lowest BCUT2D eigenvalue weighted by Gasteiger charge is -2.15. The van der Waals surface area contributed by atoms with Crippen LogP contribution < -0.4 is 9.46 Å². The molecule has 0 saturated carbocycles. The number of rotatable bonds is 5. The topological polar surface area (TPSA) is 92.7 Å². The van der Waals surface area contributed by atoms with Crippen molar-refractivity contribution >= 4 is 37.6 Å². The molecule has 0 heterocycles. The SMILES string of the molecule is COc1ccc(C(=O)O)cc1S(=O)(=O)Nc1cc(C(F)(F)F)ccc1Br. The molecule has 2 aromatic rings. The zero-order valence-corrected chi connectivity index (χ0v) is 15.4. The van der Waals surface area contributed by atoms with Gasteiger partial charge in [-0.1, -0.05) is 0 Å². The van der Waals surface area contributed by atoms with E-state index in [1.165, 1.54) is 7.11 Å². The molecule has 0 atom stereocenters. The Morgan fingerprint density at radius 2 is 1.85 bits per heavy atom. The van der Waals surface area contributed by atoms with E-state index in [-0.39, 0.29) is 21.5 Å². The standard InChI is InChI=1S/C15H11BrF3NO5S/c1-25-12-5-2-8(14(21)22)6-13(12)26(23,24)20-11-7-9(15(17,18)19)3-4-10(11)16/h2-7,20H,1H3,(H,21,22). The predicted octanol–water partition coefficient (Wildman–Crippen LogP) is 3.98. The molecule has 0 amide bonds. The summed E-state index contributed by atoms with van der Waals surface area (Å²) < 4.78 is 70.7. The van der Waals surface area contributed by atoms with Crippen molar-refractivity contribution in [2.75, 3.05) is 11.8 Å². The minimum Gasteiger partial charge on any atom is -0.495 e. The third-order valence-corrected chi connectivity index (χ3v) is 5.32. The highest BCUT2D eigenvalue weighted by Crippen LogP contribution is 2.35. The summed E-state index contributed by atoms with van der Waals surface area (Å²) in [5.41, 5.74) is -1.73. The fraction of sp³-hybridized carbons (Fsp3) is 0.133. The van der Waals surface area contributed by atoms with Crippen molar-refractivity contribution in [3.63, 3.8) is 0 Å². The summed E-state index contributed by atoms with van der Waals surface area (Å²) in [5, 5.41) is 9.01. The summed E-state index contributed by atoms with van der Waals surface area (Å²) in [6.07, 6.45) is -4.66. The van der Waals surface area contributed by atoms with E-state index >= 15 is 0 Å². The Morgan fingerprint density at radius 1 is 1.19 bits per heavy atom. The summed E-state index contributed by atoms with van der Waals surface area (Å²) >= 11 is 2.98. The van der Waals surface area contributed by atoms with E-state index in [0.717, 1.165) is 30.3 Å². The van der Waals surface area contributed by atoms with Crippen molar-refractivity contribution in [3.05, 3.63) is 52.0 Å². The van der Waals surface area contributed by atoms with Crippen molar-refractivity contribution < 1.29 is 36.2 Å². The Bertz CT molecular complexity index is 960. The molecule has 0 unspecified atom stereocenters. The largest absolute Gasteiger partial charge is 0.495 e. The minimum atomic E-state index is -4.66. The average molecular weight is 454 g/mol. The van der Waals surface area contributed by atoms with Gasteiger partial charge in [0.1, 0.15) is 10.6 Å². The van der Waals surface area contributed by atoms with E-state index in [9.17, 15) is 26.4 Å². The fourth-order valence-corrected chi connectivity index (χ4v) is 3.74. The maximum atomic E-state index is 12.8. The van der Waals surface area contributed by atoms with Gasteiger partial charge in [-0.25, -0.2) is 13.2 Å². The number of anilines is 1. The van der Waals surface area contributed by atoms with Crippen LogP contribution in [-0.4, -0.2) is 26.6 Å². The molecule has 2 N–H and O–H groups in total. The van der Waals surface area contributed by atoms with Gasteiger partial charge in [-0.2, -0.15) is 13.2 Å². The second-order valence-corrected chi connectivity index (χ2v) is 7.47. The van der Waals surface area contributed by atoms with E-state index in [1.807, 2.05) is 4.72 Å². The maximum Gasteiger partial charge on any atom is 0.416 e. The first-order valence-corrected chi connectivity index (χ1v) is 9.04. The number of carboxylic acids is 1. The van der Waals surface area contributed by atoms with Crippen molar-refractivity contribution in [1.29, 1.82) is 0 Å². The molecule has 2 aromatic carbocycles. The smallest absolute Gasteiger partial charge is 0.416 e. The van der Waals surface area contributed by atoms with Gasteiger partial charge >= 0.3 is 12.1 Å². The van der Waals surface area contributed by atoms with E-state index < -0.39 is 32.6 Å². The molecular formula is C15H11BrF3NO5S. The number of ether oxygens (including phenoxy) is 1. The second-order valence-electron chi connectivity index (χ2n) is 4.97. The van der Waals surface area contributed by atoms with Crippen LogP contribution >= 0.6 is 15.9 Å². The quantitative estimate of drug-likeness (QED) is 0.714. The molecule has 26 heavy (non-hydrogen) atoms. The first-order valence-electron chi connectivity index (χ1n) is 6.76. The molecule has 0 saturated heterocycles. The van der Waals surface area contributed by atoms with Crippen molar-refractivity contribution in [1.82, 2.24) is 0 Å². The number of alkyl halides is 3. The normalized spacial score (nSPS) is 11.9. The number of hydrogen-bond acceptors (Lipinski definition) is 4. The first kappa shape index (κ1) is 20.0. The van der Waals surface area contributed by atoms with Crippen LogP contribution in [0.5, 0.6) is 5.75 Å². The van der Waals surface area contributed by atoms with Gasteiger partial charge < -0.3 is 9.84 Å². The molecule has 0 aliphatic heterocycles. The molecule has 0 fully saturated rings. The lowest BCUT2D eigenvalue weighted by Crippen LogP contribution is -2.16. The number of aromatic carboxylic acids is 1. The molecule has 2 rings (SSSR count). The number of carboxylic acid groups (broad SMARTS) is 1. The molecule has 0 aliphatic rings. The lowest BCUT2D eigenvalue weighted by molar-refractivity contribution is -0.137. The van der Waals surface area contributed by atoms with Gasteiger partial charge in [0.15, 0.2) is 0 Å². The van der Waals surface area contributed by atoms with Crippen LogP contribution in [0.25, 0.3) is 0 Å². The highest BCUT2D eigenvalue weighted by atomic mass is 79.9. The minimum absolute atomic E-state index is 0.0717. The molecule has 0 aromatic heterocycles. The Hall–Kier alpha value is -2.27. The monoisotopic (exact) mass is 453 g/mol. The highest BCUT2D eigenvalue weighted by molar-refractivity contribution is 9.10. The van der Waals surface area contributed by atoms with Crippen LogP contribution in [0.1, 0.15) is 15.9 Å². The molecule has 0 spiro atoms. The zero-order valence-electron chi connectivity index (χ0n) is 13.0. The Balaban J connectivity index is 2.53. The molecule has 0 bridgehead atoms. The van der Waals surface area contributed by atoms with Gasteiger partial charge in [0.2, 0.25) is 0 Å². The summed E-state index contributed by atoms with van der Waals surface area (Å²) in [7, 11) is -3.26. The maximum absolute atomic E-state index is 12.8. The second kappa shape index (κ2) is 7.16. The van der Waals surface area contributed by atoms with Gasteiger partial charge in [0, 0.05) is 4.47 Å². The predicted molar refractivity (Wildman–Crippen MR) is 89.9 cm³/mol. The Labute approximate surface area is 154 Å². The van der Waals surface area contributed by atoms with Crippen molar-refractivity contribution in [2.24, 2.45) is 0 Å². The number of methoxy groups -OCH3 is 1. The summed E-state index contributed by atoms with van der Waals surface area (Å²) in [4.78, 5) is 10.5. The summed E-state index contributed by atoms with van der Waals surface area (Å²) in [6.45, 7) is 0. The average Bonchev–Trinajstić information content (AvgIpc) is 2.55. The number of nitrogens with one attached hydrogen (secondary N) is 1. The molecule has 6 nitrogen and oxygen atoms in total. The van der Waals surface area contributed by atoms with Gasteiger partial charge in [-0.15, -0.1) is 0 Å². The van der Waals surface area contributed by atoms with Crippen LogP contribution in [0.4, 0.5) is 18.9 Å². The first-order chi connectivity index (χ1) is 12.0. The molecule has 140 valence electrons. The molecular weight excluding hydrogens is 443 g/mol. The third kappa shape index (κ3) is 4.28. The van der Waals surface area contributed by atoms with Gasteiger partial charge in [0.05, 0.1) is 23.9 Å². The summed E-state index contributed by atoms with van der Waals surface area (Å²) in [5.74, 6) is -1.53. The number of benzene rings is 2. The molecule has 0 radical (unpaired) electrons. The van der Waals surface area contributed by atoms with Crippen LogP contribution in [0.2, 0.25) is 0 Å². The van der Waals surface area contributed by atoms with E-state index in [4.69, 9.17) is 9.84 Å². The fourth-order valence-electron chi connectivity index (χ4n) is 2.00. The van der Waals surface area contributed by atoms with Crippen LogP contribution in [0, 0.1) is 0 Å². The summed E-state index contributed by atoms with van der Waals surface area (Å²) in [6, 6.07) is 5.58. The van der Waals surface area contributed by atoms with E-state index in [2.05, 4.69) is 15.9 Å². The van der Waals surface area contributed by atoms with Gasteiger partial charge in [-0.3, -0.25) is 4.72 Å². The highest BCUT2D eigenvalue weighted by Gasteiger charge is 2.31. The Morgan fingerprint density at radius 3 is 2.38 bits per heavy atom. The van der Waals surface area contributed by atoms with Crippen molar-refractivity contribution in [2.45, 2.75) is 11.1 Å². The van der Waals surface area contributed by atoms with E-state index in [0.29, 0.717) is 6.07 Å². The lowest BCUT2D eigenvalue weighted by atomic mass is 10.2. The van der Waals surface area contributed by atoms with E-state index in [1.54, 1.807) is 0 Å². The van der Waals surface area contributed by atoms with Crippen LogP contribution in [0.15, 0.2) is 45.8 Å². The third-order valence-electron chi connectivity index (χ3n) is 3.24. The number of carbonyl (C=O) groups is 1. The Kier molecular flexibility index (Phi) is 5.52. The number of sulfonamides is 1. The number of halogens is 4. The zero-order chi connectivity index (χ0) is 19.7. The molecule has 0 aliphatic carbocycles. The molecule has 11 heteroatoms. The van der Waals surface area contributed by atoms with Gasteiger partial charge in [-0.05, 0) is 52.3 Å². The van der Waals surface area contributed by atoms with Crippen LogP contribution in [-0.2, 0) is 16.2 Å². The number of hydrogen-bond donors (Lipinski definition) is 2. The van der Waals surface area contributed by atoms with Crippen LogP contribution in [0.3, 0.4) is 0 Å².